The molecule has 0 spiro atoms. The minimum absolute atomic E-state index is 0.236. The number of methoxy groups -OCH3 is 1. The van der Waals surface area contributed by atoms with E-state index in [1.54, 1.807) is 14.0 Å². The van der Waals surface area contributed by atoms with Gasteiger partial charge in [0.15, 0.2) is 0 Å². The highest BCUT2D eigenvalue weighted by molar-refractivity contribution is 5.61. The van der Waals surface area contributed by atoms with Crippen LogP contribution in [0.1, 0.15) is 25.0 Å². The largest absolute Gasteiger partial charge is 0.496 e. The maximum Gasteiger partial charge on any atom is 0.126 e. The second-order valence-electron chi connectivity index (χ2n) is 6.03. The summed E-state index contributed by atoms with van der Waals surface area (Å²) >= 11 is 0. The summed E-state index contributed by atoms with van der Waals surface area (Å²) in [5.41, 5.74) is 1.74. The molecule has 5 heteroatoms. The van der Waals surface area contributed by atoms with E-state index in [1.807, 2.05) is 32.3 Å². The number of hydrogen-bond acceptors (Lipinski definition) is 5. The molecule has 21 heavy (non-hydrogen) atoms. The monoisotopic (exact) mass is 294 g/mol. The minimum atomic E-state index is -0.617. The molecule has 0 bridgehead atoms. The van der Waals surface area contributed by atoms with Crippen LogP contribution in [0.25, 0.3) is 0 Å². The van der Waals surface area contributed by atoms with Crippen molar-refractivity contribution in [1.29, 1.82) is 0 Å². The Labute approximate surface area is 126 Å². The van der Waals surface area contributed by atoms with E-state index < -0.39 is 6.10 Å². The Balaban J connectivity index is 2.39. The van der Waals surface area contributed by atoms with E-state index in [0.29, 0.717) is 12.3 Å². The van der Waals surface area contributed by atoms with Crippen LogP contribution in [0.4, 0.5) is 5.69 Å². The molecule has 2 rings (SSSR count). The van der Waals surface area contributed by atoms with Crippen molar-refractivity contribution in [2.24, 2.45) is 0 Å². The number of likely N-dealkylation sites (N-methyl/N-ethyl adjacent to an activating group) is 1. The van der Waals surface area contributed by atoms with Crippen LogP contribution in [0.3, 0.4) is 0 Å². The molecule has 1 saturated heterocycles. The zero-order valence-corrected chi connectivity index (χ0v) is 13.3. The number of β-amino-alcohol motifs (C(OH)–C–C–N with tert-alkyl or cyclic N) is 1. The van der Waals surface area contributed by atoms with Gasteiger partial charge in [0.1, 0.15) is 5.75 Å². The normalized spacial score (nSPS) is 23.7. The summed E-state index contributed by atoms with van der Waals surface area (Å²) in [6, 6.07) is 6.02. The molecular formula is C16H26N2O3. The third kappa shape index (κ3) is 3.48. The van der Waals surface area contributed by atoms with Crippen molar-refractivity contribution in [2.75, 3.05) is 39.2 Å². The van der Waals surface area contributed by atoms with Crippen LogP contribution in [0.2, 0.25) is 0 Å². The van der Waals surface area contributed by atoms with Gasteiger partial charge in [0.25, 0.3) is 0 Å². The number of ether oxygens (including phenoxy) is 1. The van der Waals surface area contributed by atoms with E-state index in [9.17, 15) is 10.2 Å². The van der Waals surface area contributed by atoms with Crippen LogP contribution >= 0.6 is 0 Å². The van der Waals surface area contributed by atoms with Gasteiger partial charge in [-0.15, -0.1) is 0 Å². The summed E-state index contributed by atoms with van der Waals surface area (Å²) in [6.07, 6.45) is -0.203. The van der Waals surface area contributed by atoms with Gasteiger partial charge in [0.05, 0.1) is 19.3 Å². The highest BCUT2D eigenvalue weighted by atomic mass is 16.5. The van der Waals surface area contributed by atoms with Crippen LogP contribution in [0.5, 0.6) is 5.75 Å². The molecule has 118 valence electrons. The van der Waals surface area contributed by atoms with Crippen LogP contribution in [-0.2, 0) is 0 Å². The standard InChI is InChI=1S/C16H26N2O3/c1-11(19)16-14(6-5-7-15(16)21-4)18-10-13(20)8-12(18)9-17(2)3/h5-7,11-13,19-20H,8-10H2,1-4H3. The zero-order chi connectivity index (χ0) is 15.6. The van der Waals surface area contributed by atoms with Gasteiger partial charge in [-0.1, -0.05) is 6.07 Å². The van der Waals surface area contributed by atoms with Crippen molar-refractivity contribution in [3.8, 4) is 5.75 Å². The molecule has 1 fully saturated rings. The highest BCUT2D eigenvalue weighted by Crippen LogP contribution is 2.37. The predicted octanol–water partition coefficient (Wildman–Crippen LogP) is 1.25. The molecule has 1 aromatic carbocycles. The molecule has 5 nitrogen and oxygen atoms in total. The number of nitrogens with zero attached hydrogens (tertiary/aromatic N) is 2. The van der Waals surface area contributed by atoms with Crippen LogP contribution in [0.15, 0.2) is 18.2 Å². The Hall–Kier alpha value is -1.30. The minimum Gasteiger partial charge on any atom is -0.496 e. The number of anilines is 1. The fraction of sp³-hybridized carbons (Fsp3) is 0.625. The van der Waals surface area contributed by atoms with Crippen molar-refractivity contribution in [3.05, 3.63) is 23.8 Å². The predicted molar refractivity (Wildman–Crippen MR) is 83.9 cm³/mol. The van der Waals surface area contributed by atoms with E-state index in [0.717, 1.165) is 24.2 Å². The zero-order valence-electron chi connectivity index (χ0n) is 13.3. The molecule has 2 N–H and O–H groups in total. The Morgan fingerprint density at radius 1 is 1.43 bits per heavy atom. The molecular weight excluding hydrogens is 268 g/mol. The van der Waals surface area contributed by atoms with Crippen molar-refractivity contribution in [3.63, 3.8) is 0 Å². The highest BCUT2D eigenvalue weighted by Gasteiger charge is 2.33. The van der Waals surface area contributed by atoms with Gasteiger partial charge in [0.2, 0.25) is 0 Å². The number of benzene rings is 1. The molecule has 1 heterocycles. The molecule has 0 saturated carbocycles. The van der Waals surface area contributed by atoms with Crippen LogP contribution in [-0.4, -0.2) is 61.6 Å². The molecule has 1 aromatic rings. The molecule has 0 radical (unpaired) electrons. The Kier molecular flexibility index (Phi) is 5.08. The lowest BCUT2D eigenvalue weighted by Gasteiger charge is -2.31. The molecule has 0 amide bonds. The summed E-state index contributed by atoms with van der Waals surface area (Å²) in [5, 5.41) is 20.2. The average Bonchev–Trinajstić information content (AvgIpc) is 2.77. The van der Waals surface area contributed by atoms with Crippen molar-refractivity contribution in [2.45, 2.75) is 31.6 Å². The fourth-order valence-corrected chi connectivity index (χ4v) is 3.16. The Bertz CT molecular complexity index is 477. The SMILES string of the molecule is COc1cccc(N2CC(O)CC2CN(C)C)c1C(C)O. The van der Waals surface area contributed by atoms with Crippen LogP contribution in [0, 0.1) is 0 Å². The molecule has 0 aromatic heterocycles. The lowest BCUT2D eigenvalue weighted by molar-refractivity contribution is 0.190. The molecule has 0 aliphatic carbocycles. The van der Waals surface area contributed by atoms with Crippen molar-refractivity contribution in [1.82, 2.24) is 4.90 Å². The summed E-state index contributed by atoms with van der Waals surface area (Å²) in [4.78, 5) is 4.31. The summed E-state index contributed by atoms with van der Waals surface area (Å²) in [6.45, 7) is 3.20. The average molecular weight is 294 g/mol. The van der Waals surface area contributed by atoms with Gasteiger partial charge in [0, 0.05) is 30.4 Å². The van der Waals surface area contributed by atoms with Gasteiger partial charge in [-0.3, -0.25) is 0 Å². The molecule has 3 atom stereocenters. The lowest BCUT2D eigenvalue weighted by atomic mass is 10.0. The second-order valence-corrected chi connectivity index (χ2v) is 6.03. The van der Waals surface area contributed by atoms with Gasteiger partial charge < -0.3 is 24.7 Å². The van der Waals surface area contributed by atoms with Gasteiger partial charge >= 0.3 is 0 Å². The third-order valence-corrected chi connectivity index (χ3v) is 3.96. The first-order valence-corrected chi connectivity index (χ1v) is 7.38. The number of aliphatic hydroxyl groups is 2. The van der Waals surface area contributed by atoms with Gasteiger partial charge in [-0.25, -0.2) is 0 Å². The number of hydrogen-bond donors (Lipinski definition) is 2. The lowest BCUT2D eigenvalue weighted by Crippen LogP contribution is -2.38. The van der Waals surface area contributed by atoms with E-state index >= 15 is 0 Å². The van der Waals surface area contributed by atoms with Crippen molar-refractivity contribution >= 4 is 5.69 Å². The van der Waals surface area contributed by atoms with Gasteiger partial charge in [-0.05, 0) is 39.6 Å². The first-order valence-electron chi connectivity index (χ1n) is 7.38. The maximum atomic E-state index is 10.1. The van der Waals surface area contributed by atoms with E-state index in [4.69, 9.17) is 4.74 Å². The smallest absolute Gasteiger partial charge is 0.126 e. The topological polar surface area (TPSA) is 56.2 Å². The first kappa shape index (κ1) is 16.1. The molecule has 3 unspecified atom stereocenters. The van der Waals surface area contributed by atoms with Gasteiger partial charge in [-0.2, -0.15) is 0 Å². The Morgan fingerprint density at radius 3 is 2.71 bits per heavy atom. The van der Waals surface area contributed by atoms with E-state index in [1.165, 1.54) is 0 Å². The summed E-state index contributed by atoms with van der Waals surface area (Å²) < 4.78 is 5.39. The quantitative estimate of drug-likeness (QED) is 0.856. The maximum absolute atomic E-state index is 10.1. The second kappa shape index (κ2) is 6.64. The van der Waals surface area contributed by atoms with Crippen molar-refractivity contribution < 1.29 is 14.9 Å². The molecule has 1 aliphatic rings. The van der Waals surface area contributed by atoms with E-state index in [-0.39, 0.29) is 12.1 Å². The third-order valence-electron chi connectivity index (χ3n) is 3.96. The van der Waals surface area contributed by atoms with Crippen LogP contribution < -0.4 is 9.64 Å². The van der Waals surface area contributed by atoms with E-state index in [2.05, 4.69) is 9.80 Å². The fourth-order valence-electron chi connectivity index (χ4n) is 3.16. The Morgan fingerprint density at radius 2 is 2.14 bits per heavy atom. The number of aliphatic hydroxyl groups excluding tert-OH is 2. The number of rotatable bonds is 5. The summed E-state index contributed by atoms with van der Waals surface area (Å²) in [7, 11) is 5.68. The first-order chi connectivity index (χ1) is 9.93. The summed E-state index contributed by atoms with van der Waals surface area (Å²) in [5.74, 6) is 0.687. The molecule has 1 aliphatic heterocycles.